The van der Waals surface area contributed by atoms with E-state index in [1.807, 2.05) is 11.8 Å². The molecule has 1 amide bonds. The van der Waals surface area contributed by atoms with Crippen molar-refractivity contribution in [2.24, 2.45) is 4.99 Å². The number of hydrogen-bond donors (Lipinski definition) is 2. The Hall–Kier alpha value is -0.780. The number of guanidine groups is 1. The van der Waals surface area contributed by atoms with E-state index < -0.39 is 12.7 Å². The van der Waals surface area contributed by atoms with Gasteiger partial charge in [0.25, 0.3) is 0 Å². The van der Waals surface area contributed by atoms with E-state index in [1.54, 1.807) is 0 Å². The lowest BCUT2D eigenvalue weighted by Crippen LogP contribution is -2.46. The van der Waals surface area contributed by atoms with Gasteiger partial charge in [-0.1, -0.05) is 0 Å². The number of rotatable bonds is 5. The van der Waals surface area contributed by atoms with Crippen LogP contribution >= 0.6 is 24.0 Å². The zero-order valence-corrected chi connectivity index (χ0v) is 17.5. The third-order valence-electron chi connectivity index (χ3n) is 4.44. The second kappa shape index (κ2) is 11.2. The second-order valence-electron chi connectivity index (χ2n) is 6.62. The van der Waals surface area contributed by atoms with E-state index in [2.05, 4.69) is 15.6 Å². The minimum atomic E-state index is -4.17. The Morgan fingerprint density at radius 2 is 1.88 bits per heavy atom. The zero-order valence-electron chi connectivity index (χ0n) is 15.1. The first kappa shape index (κ1) is 23.3. The number of aliphatic imine (C=N–C) groups is 1. The van der Waals surface area contributed by atoms with Crippen molar-refractivity contribution < 1.29 is 18.0 Å². The molecule has 2 heterocycles. The van der Waals surface area contributed by atoms with Crippen LogP contribution in [-0.4, -0.2) is 79.7 Å². The summed E-state index contributed by atoms with van der Waals surface area (Å²) in [6, 6.07) is -0.0924. The summed E-state index contributed by atoms with van der Waals surface area (Å²) in [6.45, 7) is 4.02. The summed E-state index contributed by atoms with van der Waals surface area (Å²) in [5, 5.41) is 6.21. The highest BCUT2D eigenvalue weighted by Crippen LogP contribution is 2.19. The number of nitrogens with one attached hydrogen (secondary N) is 2. The largest absolute Gasteiger partial charge is 0.401 e. The summed E-state index contributed by atoms with van der Waals surface area (Å²) in [5.74, 6) is 0.494. The van der Waals surface area contributed by atoms with Crippen molar-refractivity contribution in [3.05, 3.63) is 0 Å². The predicted octanol–water partition coefficient (Wildman–Crippen LogP) is 1.81. The minimum Gasteiger partial charge on any atom is -0.357 e. The molecule has 0 aromatic rings. The van der Waals surface area contributed by atoms with E-state index in [0.717, 1.165) is 32.4 Å². The topological polar surface area (TPSA) is 60.0 Å². The smallest absolute Gasteiger partial charge is 0.357 e. The van der Waals surface area contributed by atoms with Crippen molar-refractivity contribution in [2.45, 2.75) is 44.8 Å². The summed E-state index contributed by atoms with van der Waals surface area (Å²) in [5.41, 5.74) is 0. The molecule has 6 nitrogen and oxygen atoms in total. The number of hydrogen-bond acceptors (Lipinski definition) is 3. The monoisotopic (exact) mass is 491 g/mol. The van der Waals surface area contributed by atoms with Crippen molar-refractivity contribution in [1.29, 1.82) is 0 Å². The molecule has 2 aliphatic heterocycles. The highest BCUT2D eigenvalue weighted by Gasteiger charge is 2.34. The maximum Gasteiger partial charge on any atom is 0.401 e. The van der Waals surface area contributed by atoms with Gasteiger partial charge in [-0.05, 0) is 32.6 Å². The van der Waals surface area contributed by atoms with Crippen LogP contribution in [0, 0.1) is 0 Å². The van der Waals surface area contributed by atoms with E-state index in [0.29, 0.717) is 32.0 Å². The Balaban J connectivity index is 0.00000338. The molecule has 0 spiro atoms. The quantitative estimate of drug-likeness (QED) is 0.350. The van der Waals surface area contributed by atoms with E-state index in [1.165, 1.54) is 4.90 Å². The fourth-order valence-corrected chi connectivity index (χ4v) is 3.25. The third kappa shape index (κ3) is 8.28. The number of likely N-dealkylation sites (tertiary alicyclic amines) is 2. The van der Waals surface area contributed by atoms with Crippen molar-refractivity contribution in [1.82, 2.24) is 20.4 Å². The first-order valence-corrected chi connectivity index (χ1v) is 8.99. The van der Waals surface area contributed by atoms with Crippen LogP contribution in [0.15, 0.2) is 4.99 Å². The van der Waals surface area contributed by atoms with Crippen molar-refractivity contribution >= 4 is 35.8 Å². The van der Waals surface area contributed by atoms with E-state index >= 15 is 0 Å². The van der Waals surface area contributed by atoms with Gasteiger partial charge < -0.3 is 15.5 Å². The molecule has 2 fully saturated rings. The lowest BCUT2D eigenvalue weighted by molar-refractivity contribution is -0.143. The first-order chi connectivity index (χ1) is 11.9. The van der Waals surface area contributed by atoms with Crippen LogP contribution in [0.4, 0.5) is 13.2 Å². The van der Waals surface area contributed by atoms with Gasteiger partial charge in [0.2, 0.25) is 5.91 Å². The Morgan fingerprint density at radius 1 is 1.19 bits per heavy atom. The van der Waals surface area contributed by atoms with Gasteiger partial charge in [0.05, 0.1) is 6.54 Å². The molecule has 26 heavy (non-hydrogen) atoms. The molecule has 1 unspecified atom stereocenters. The maximum absolute atomic E-state index is 12.5. The Labute approximate surface area is 170 Å². The average Bonchev–Trinajstić information content (AvgIpc) is 2.98. The number of carbonyl (C=O) groups is 1. The lowest BCUT2D eigenvalue weighted by atomic mass is 10.1. The summed E-state index contributed by atoms with van der Waals surface area (Å²) < 4.78 is 37.4. The number of carbonyl (C=O) groups excluding carboxylic acids is 1. The van der Waals surface area contributed by atoms with Gasteiger partial charge in [0.1, 0.15) is 6.54 Å². The molecule has 2 rings (SSSR count). The molecule has 0 aliphatic carbocycles. The standard InChI is InChI=1S/C16H28F3N5O.HI/c1-2-20-15(21-10-14(25)24-7-4-3-5-8-24)22-13-6-9-23(11-13)12-16(17,18)19;/h13H,2-12H2,1H3,(H2,20,21,22);1H. The van der Waals surface area contributed by atoms with Gasteiger partial charge in [-0.25, -0.2) is 4.99 Å². The molecule has 1 atom stereocenters. The molecule has 0 bridgehead atoms. The molecule has 2 N–H and O–H groups in total. The minimum absolute atomic E-state index is 0. The number of nitrogens with zero attached hydrogens (tertiary/aromatic N) is 3. The molecule has 10 heteroatoms. The normalized spacial score (nSPS) is 22.1. The number of halogens is 4. The van der Waals surface area contributed by atoms with Crippen LogP contribution in [0.1, 0.15) is 32.6 Å². The van der Waals surface area contributed by atoms with Crippen LogP contribution in [0.3, 0.4) is 0 Å². The van der Waals surface area contributed by atoms with Gasteiger partial charge in [-0.15, -0.1) is 24.0 Å². The van der Waals surface area contributed by atoms with Gasteiger partial charge >= 0.3 is 6.18 Å². The third-order valence-corrected chi connectivity index (χ3v) is 4.44. The Kier molecular flexibility index (Phi) is 9.98. The summed E-state index contributed by atoms with van der Waals surface area (Å²) in [6.07, 6.45) is -0.321. The highest BCUT2D eigenvalue weighted by molar-refractivity contribution is 14.0. The SMILES string of the molecule is CCNC(=NCC(=O)N1CCCCC1)NC1CCN(CC(F)(F)F)C1.I. The summed E-state index contributed by atoms with van der Waals surface area (Å²) in [7, 11) is 0. The van der Waals surface area contributed by atoms with Gasteiger partial charge in [0, 0.05) is 38.8 Å². The molecule has 0 aromatic carbocycles. The summed E-state index contributed by atoms with van der Waals surface area (Å²) in [4.78, 5) is 19.7. The van der Waals surface area contributed by atoms with Gasteiger partial charge in [0.15, 0.2) is 5.96 Å². The van der Waals surface area contributed by atoms with Crippen LogP contribution in [0.5, 0.6) is 0 Å². The molecular formula is C16H29F3IN5O. The van der Waals surface area contributed by atoms with Crippen molar-refractivity contribution in [3.8, 4) is 0 Å². The molecule has 152 valence electrons. The second-order valence-corrected chi connectivity index (χ2v) is 6.62. The van der Waals surface area contributed by atoms with E-state index in [9.17, 15) is 18.0 Å². The predicted molar refractivity (Wildman–Crippen MR) is 106 cm³/mol. The van der Waals surface area contributed by atoms with Gasteiger partial charge in [-0.2, -0.15) is 13.2 Å². The molecule has 0 aromatic heterocycles. The molecule has 2 aliphatic rings. The fourth-order valence-electron chi connectivity index (χ4n) is 3.25. The number of alkyl halides is 3. The average molecular weight is 491 g/mol. The first-order valence-electron chi connectivity index (χ1n) is 8.99. The van der Waals surface area contributed by atoms with Crippen LogP contribution in [0.25, 0.3) is 0 Å². The highest BCUT2D eigenvalue weighted by atomic mass is 127. The van der Waals surface area contributed by atoms with Gasteiger partial charge in [-0.3, -0.25) is 9.69 Å². The zero-order chi connectivity index (χ0) is 18.3. The number of amides is 1. The van der Waals surface area contributed by atoms with Crippen molar-refractivity contribution in [3.63, 3.8) is 0 Å². The molecule has 0 radical (unpaired) electrons. The molecule has 2 saturated heterocycles. The lowest BCUT2D eigenvalue weighted by Gasteiger charge is -2.26. The van der Waals surface area contributed by atoms with Crippen LogP contribution in [0.2, 0.25) is 0 Å². The fraction of sp³-hybridized carbons (Fsp3) is 0.875. The Bertz CT molecular complexity index is 469. The van der Waals surface area contributed by atoms with Crippen LogP contribution < -0.4 is 10.6 Å². The Morgan fingerprint density at radius 3 is 2.50 bits per heavy atom. The maximum atomic E-state index is 12.5. The molecule has 0 saturated carbocycles. The van der Waals surface area contributed by atoms with E-state index in [-0.39, 0.29) is 42.5 Å². The molecular weight excluding hydrogens is 462 g/mol. The van der Waals surface area contributed by atoms with E-state index in [4.69, 9.17) is 0 Å². The van der Waals surface area contributed by atoms with Crippen molar-refractivity contribution in [2.75, 3.05) is 45.8 Å². The summed E-state index contributed by atoms with van der Waals surface area (Å²) >= 11 is 0. The van der Waals surface area contributed by atoms with Crippen LogP contribution in [-0.2, 0) is 4.79 Å². The number of piperidine rings is 1.